The van der Waals surface area contributed by atoms with Crippen molar-refractivity contribution in [2.75, 3.05) is 5.73 Å². The molecule has 4 nitrogen and oxygen atoms in total. The number of benzene rings is 1. The van der Waals surface area contributed by atoms with Gasteiger partial charge < -0.3 is 5.73 Å². The van der Waals surface area contributed by atoms with Crippen LogP contribution in [-0.2, 0) is 6.42 Å². The highest BCUT2D eigenvalue weighted by molar-refractivity contribution is 5.68. The maximum atomic E-state index is 5.94. The summed E-state index contributed by atoms with van der Waals surface area (Å²) in [6.45, 7) is 1.89. The molecular weight excluding hydrogens is 248 g/mol. The van der Waals surface area contributed by atoms with Gasteiger partial charge in [0.25, 0.3) is 0 Å². The third-order valence-corrected chi connectivity index (χ3v) is 3.26. The summed E-state index contributed by atoms with van der Waals surface area (Å²) in [7, 11) is 0. The molecular formula is C16H16N4. The van der Waals surface area contributed by atoms with Gasteiger partial charge in [-0.05, 0) is 25.0 Å². The number of rotatable bonds is 3. The van der Waals surface area contributed by atoms with Crippen LogP contribution < -0.4 is 5.73 Å². The fourth-order valence-electron chi connectivity index (χ4n) is 2.16. The summed E-state index contributed by atoms with van der Waals surface area (Å²) in [5.74, 6) is 0.596. The number of aromatic nitrogens is 3. The van der Waals surface area contributed by atoms with Gasteiger partial charge in [0.05, 0.1) is 5.69 Å². The predicted octanol–water partition coefficient (Wildman–Crippen LogP) is 2.88. The number of hydrogen-bond donors (Lipinski definition) is 1. The highest BCUT2D eigenvalue weighted by Crippen LogP contribution is 2.17. The Morgan fingerprint density at radius 1 is 1.20 bits per heavy atom. The van der Waals surface area contributed by atoms with E-state index in [1.807, 2.05) is 31.2 Å². The van der Waals surface area contributed by atoms with Gasteiger partial charge in [0.2, 0.25) is 0 Å². The molecule has 100 valence electrons. The number of anilines is 1. The first kappa shape index (κ1) is 12.4. The van der Waals surface area contributed by atoms with E-state index in [1.165, 1.54) is 5.56 Å². The highest BCUT2D eigenvalue weighted by atomic mass is 15.3. The molecule has 0 unspecified atom stereocenters. The quantitative estimate of drug-likeness (QED) is 0.791. The lowest BCUT2D eigenvalue weighted by Gasteiger charge is -1.98. The van der Waals surface area contributed by atoms with Gasteiger partial charge in [-0.25, -0.2) is 4.98 Å². The molecule has 3 rings (SSSR count). The van der Waals surface area contributed by atoms with Crippen LogP contribution in [0.15, 0.2) is 48.7 Å². The minimum Gasteiger partial charge on any atom is -0.382 e. The van der Waals surface area contributed by atoms with E-state index in [1.54, 1.807) is 10.7 Å². The lowest BCUT2D eigenvalue weighted by molar-refractivity contribution is 0.943. The van der Waals surface area contributed by atoms with Crippen molar-refractivity contribution in [2.24, 2.45) is 0 Å². The molecule has 1 aromatic carbocycles. The summed E-state index contributed by atoms with van der Waals surface area (Å²) in [5, 5.41) is 4.22. The zero-order valence-electron chi connectivity index (χ0n) is 11.3. The van der Waals surface area contributed by atoms with Crippen molar-refractivity contribution in [3.63, 3.8) is 0 Å². The van der Waals surface area contributed by atoms with Gasteiger partial charge in [-0.15, -0.1) is 0 Å². The molecule has 0 amide bonds. The maximum Gasteiger partial charge on any atom is 0.163 e. The average Bonchev–Trinajstić information content (AvgIpc) is 2.77. The van der Waals surface area contributed by atoms with Gasteiger partial charge in [-0.1, -0.05) is 42.5 Å². The minimum absolute atomic E-state index is 0.596. The van der Waals surface area contributed by atoms with Gasteiger partial charge >= 0.3 is 0 Å². The second kappa shape index (κ2) is 5.17. The van der Waals surface area contributed by atoms with Gasteiger partial charge in [0, 0.05) is 11.8 Å². The second-order valence-electron chi connectivity index (χ2n) is 4.70. The minimum atomic E-state index is 0.596. The summed E-state index contributed by atoms with van der Waals surface area (Å²) in [6.07, 6.45) is 6.83. The smallest absolute Gasteiger partial charge is 0.163 e. The Bertz CT molecular complexity index is 757. The molecule has 2 aromatic heterocycles. The van der Waals surface area contributed by atoms with E-state index in [4.69, 9.17) is 5.73 Å². The number of hydrogen-bond acceptors (Lipinski definition) is 3. The Kier molecular flexibility index (Phi) is 3.21. The van der Waals surface area contributed by atoms with Crippen molar-refractivity contribution < 1.29 is 0 Å². The van der Waals surface area contributed by atoms with Gasteiger partial charge in [-0.3, -0.25) is 0 Å². The SMILES string of the molecule is Cc1nc2c(C=CCc3ccccc3)ccnn2c1N. The van der Waals surface area contributed by atoms with Crippen LogP contribution in [0, 0.1) is 6.92 Å². The number of allylic oxidation sites excluding steroid dienone is 1. The van der Waals surface area contributed by atoms with E-state index < -0.39 is 0 Å². The second-order valence-corrected chi connectivity index (χ2v) is 4.70. The van der Waals surface area contributed by atoms with E-state index >= 15 is 0 Å². The molecule has 0 fully saturated rings. The van der Waals surface area contributed by atoms with Gasteiger partial charge in [-0.2, -0.15) is 9.61 Å². The molecule has 0 aliphatic rings. The fourth-order valence-corrected chi connectivity index (χ4v) is 2.16. The molecule has 0 aliphatic heterocycles. The first-order chi connectivity index (χ1) is 9.75. The zero-order valence-corrected chi connectivity index (χ0v) is 11.3. The van der Waals surface area contributed by atoms with Crippen LogP contribution in [0.25, 0.3) is 11.7 Å². The maximum absolute atomic E-state index is 5.94. The van der Waals surface area contributed by atoms with Crippen LogP contribution in [0.4, 0.5) is 5.82 Å². The molecule has 0 aliphatic carbocycles. The molecule has 2 N–H and O–H groups in total. The van der Waals surface area contributed by atoms with Crippen LogP contribution in [0.3, 0.4) is 0 Å². The summed E-state index contributed by atoms with van der Waals surface area (Å²) in [6, 6.07) is 12.3. The number of nitrogens with two attached hydrogens (primary N) is 1. The Morgan fingerprint density at radius 2 is 2.00 bits per heavy atom. The number of aryl methyl sites for hydroxylation is 1. The molecule has 0 bridgehead atoms. The van der Waals surface area contributed by atoms with Gasteiger partial charge in [0.1, 0.15) is 5.82 Å². The zero-order chi connectivity index (χ0) is 13.9. The van der Waals surface area contributed by atoms with Crippen molar-refractivity contribution in [2.45, 2.75) is 13.3 Å². The number of fused-ring (bicyclic) bond motifs is 1. The monoisotopic (exact) mass is 264 g/mol. The molecule has 2 heterocycles. The topological polar surface area (TPSA) is 56.2 Å². The predicted molar refractivity (Wildman–Crippen MR) is 81.3 cm³/mol. The third-order valence-electron chi connectivity index (χ3n) is 3.26. The van der Waals surface area contributed by atoms with Crippen molar-refractivity contribution in [3.05, 3.63) is 65.5 Å². The van der Waals surface area contributed by atoms with Crippen molar-refractivity contribution in [3.8, 4) is 0 Å². The summed E-state index contributed by atoms with van der Waals surface area (Å²) >= 11 is 0. The van der Waals surface area contributed by atoms with Crippen LogP contribution in [0.5, 0.6) is 0 Å². The van der Waals surface area contributed by atoms with E-state index in [0.717, 1.165) is 23.3 Å². The third kappa shape index (κ3) is 2.28. The van der Waals surface area contributed by atoms with E-state index in [0.29, 0.717) is 5.82 Å². The Hall–Kier alpha value is -2.62. The van der Waals surface area contributed by atoms with E-state index in [9.17, 15) is 0 Å². The Morgan fingerprint density at radius 3 is 2.80 bits per heavy atom. The lowest BCUT2D eigenvalue weighted by atomic mass is 10.1. The molecule has 3 aromatic rings. The number of imidazole rings is 1. The van der Waals surface area contributed by atoms with E-state index in [2.05, 4.69) is 34.4 Å². The number of nitrogen functional groups attached to an aromatic ring is 1. The summed E-state index contributed by atoms with van der Waals surface area (Å²) < 4.78 is 1.68. The summed E-state index contributed by atoms with van der Waals surface area (Å²) in [5.41, 5.74) is 9.85. The molecule has 0 saturated carbocycles. The van der Waals surface area contributed by atoms with Crippen molar-refractivity contribution in [1.29, 1.82) is 0 Å². The molecule has 0 saturated heterocycles. The first-order valence-electron chi connectivity index (χ1n) is 6.56. The van der Waals surface area contributed by atoms with Crippen LogP contribution in [-0.4, -0.2) is 14.6 Å². The Labute approximate surface area is 117 Å². The van der Waals surface area contributed by atoms with Crippen molar-refractivity contribution in [1.82, 2.24) is 14.6 Å². The largest absolute Gasteiger partial charge is 0.382 e. The highest BCUT2D eigenvalue weighted by Gasteiger charge is 2.07. The van der Waals surface area contributed by atoms with Crippen LogP contribution in [0.2, 0.25) is 0 Å². The lowest BCUT2D eigenvalue weighted by Crippen LogP contribution is -1.98. The molecule has 0 atom stereocenters. The normalized spacial score (nSPS) is 11.4. The average molecular weight is 264 g/mol. The number of nitrogens with zero attached hydrogens (tertiary/aromatic N) is 3. The summed E-state index contributed by atoms with van der Waals surface area (Å²) in [4.78, 5) is 4.46. The standard InChI is InChI=1S/C16H16N4/c1-12-15(17)20-16(19-12)14(10-11-18-20)9-5-8-13-6-3-2-4-7-13/h2-7,9-11H,8,17H2,1H3. The first-order valence-corrected chi connectivity index (χ1v) is 6.56. The van der Waals surface area contributed by atoms with Crippen LogP contribution >= 0.6 is 0 Å². The molecule has 20 heavy (non-hydrogen) atoms. The Balaban J connectivity index is 1.89. The van der Waals surface area contributed by atoms with Crippen molar-refractivity contribution >= 4 is 17.5 Å². The molecule has 0 radical (unpaired) electrons. The fraction of sp³-hybridized carbons (Fsp3) is 0.125. The van der Waals surface area contributed by atoms with Crippen LogP contribution in [0.1, 0.15) is 16.8 Å². The molecule has 4 heteroatoms. The van der Waals surface area contributed by atoms with E-state index in [-0.39, 0.29) is 0 Å². The van der Waals surface area contributed by atoms with Gasteiger partial charge in [0.15, 0.2) is 5.65 Å². The molecule has 0 spiro atoms.